The first-order chi connectivity index (χ1) is 15.3. The zero-order chi connectivity index (χ0) is 22.0. The molecule has 2 heteroatoms. The van der Waals surface area contributed by atoms with Gasteiger partial charge in [0.05, 0.1) is 13.2 Å². The molecule has 2 aromatic rings. The number of unbranched alkanes of at least 4 members (excludes halogenated alkanes) is 8. The quantitative estimate of drug-likeness (QED) is 0.189. The smallest absolute Gasteiger partial charge is 0.119 e. The predicted molar refractivity (Wildman–Crippen MR) is 134 cm³/mol. The third-order valence-electron chi connectivity index (χ3n) is 5.70. The molecule has 0 amide bonds. The molecule has 0 aliphatic rings. The first-order valence-corrected chi connectivity index (χ1v) is 12.5. The summed E-state index contributed by atoms with van der Waals surface area (Å²) < 4.78 is 11.6. The monoisotopic (exact) mass is 422 g/mol. The molecule has 0 saturated heterocycles. The Morgan fingerprint density at radius 2 is 1.42 bits per heavy atom. The van der Waals surface area contributed by atoms with E-state index in [1.165, 1.54) is 61.3 Å². The SMILES string of the molecule is CC#CCCOCCCCc1ccc2cc(OCCCCCCCCCC)ccc2c1. The van der Waals surface area contributed by atoms with Gasteiger partial charge in [0.2, 0.25) is 0 Å². The summed E-state index contributed by atoms with van der Waals surface area (Å²) in [4.78, 5) is 0. The van der Waals surface area contributed by atoms with Gasteiger partial charge >= 0.3 is 0 Å². The number of fused-ring (bicyclic) bond motifs is 1. The molecule has 31 heavy (non-hydrogen) atoms. The Balaban J connectivity index is 1.62. The number of hydrogen-bond donors (Lipinski definition) is 0. The molecular formula is C29H42O2. The molecule has 0 bridgehead atoms. The fourth-order valence-corrected chi connectivity index (χ4v) is 3.83. The highest BCUT2D eigenvalue weighted by Crippen LogP contribution is 2.23. The maximum atomic E-state index is 5.99. The van der Waals surface area contributed by atoms with E-state index in [0.717, 1.165) is 57.7 Å². The van der Waals surface area contributed by atoms with Gasteiger partial charge in [0, 0.05) is 13.0 Å². The number of ether oxygens (including phenoxy) is 2. The van der Waals surface area contributed by atoms with Crippen molar-refractivity contribution in [3.63, 3.8) is 0 Å². The van der Waals surface area contributed by atoms with Crippen LogP contribution in [-0.4, -0.2) is 19.8 Å². The first-order valence-electron chi connectivity index (χ1n) is 12.5. The summed E-state index contributed by atoms with van der Waals surface area (Å²) in [7, 11) is 0. The summed E-state index contributed by atoms with van der Waals surface area (Å²) in [5, 5.41) is 2.56. The molecule has 0 radical (unpaired) electrons. The molecule has 2 aromatic carbocycles. The van der Waals surface area contributed by atoms with E-state index < -0.39 is 0 Å². The van der Waals surface area contributed by atoms with E-state index in [4.69, 9.17) is 9.47 Å². The van der Waals surface area contributed by atoms with Crippen molar-refractivity contribution in [1.29, 1.82) is 0 Å². The summed E-state index contributed by atoms with van der Waals surface area (Å²) in [5.74, 6) is 6.92. The Bertz CT molecular complexity index is 784. The van der Waals surface area contributed by atoms with Crippen molar-refractivity contribution in [2.24, 2.45) is 0 Å². The van der Waals surface area contributed by atoms with Crippen molar-refractivity contribution in [2.45, 2.75) is 90.9 Å². The summed E-state index contributed by atoms with van der Waals surface area (Å²) in [6.07, 6.45) is 14.8. The number of benzene rings is 2. The van der Waals surface area contributed by atoms with E-state index in [1.54, 1.807) is 0 Å². The van der Waals surface area contributed by atoms with Gasteiger partial charge in [0.25, 0.3) is 0 Å². The lowest BCUT2D eigenvalue weighted by molar-refractivity contribution is 0.136. The molecule has 0 spiro atoms. The summed E-state index contributed by atoms with van der Waals surface area (Å²) in [6, 6.07) is 13.3. The molecule has 0 aliphatic carbocycles. The molecule has 0 fully saturated rings. The van der Waals surface area contributed by atoms with E-state index >= 15 is 0 Å². The predicted octanol–water partition coefficient (Wildman–Crippen LogP) is 8.11. The zero-order valence-corrected chi connectivity index (χ0v) is 19.9. The van der Waals surface area contributed by atoms with Crippen molar-refractivity contribution >= 4 is 10.8 Å². The second-order valence-corrected chi connectivity index (χ2v) is 8.41. The van der Waals surface area contributed by atoms with E-state index in [-0.39, 0.29) is 0 Å². The van der Waals surface area contributed by atoms with Gasteiger partial charge in [0.15, 0.2) is 0 Å². The lowest BCUT2D eigenvalue weighted by atomic mass is 10.0. The van der Waals surface area contributed by atoms with Gasteiger partial charge in [-0.1, -0.05) is 76.1 Å². The van der Waals surface area contributed by atoms with Crippen LogP contribution >= 0.6 is 0 Å². The molecule has 0 N–H and O–H groups in total. The molecule has 0 atom stereocenters. The zero-order valence-electron chi connectivity index (χ0n) is 19.9. The van der Waals surface area contributed by atoms with Crippen LogP contribution in [-0.2, 0) is 11.2 Å². The molecule has 0 unspecified atom stereocenters. The minimum atomic E-state index is 0.750. The van der Waals surface area contributed by atoms with Crippen molar-refractivity contribution in [3.05, 3.63) is 42.0 Å². The van der Waals surface area contributed by atoms with Crippen LogP contribution in [0.3, 0.4) is 0 Å². The third-order valence-corrected chi connectivity index (χ3v) is 5.70. The highest BCUT2D eigenvalue weighted by Gasteiger charge is 2.01. The van der Waals surface area contributed by atoms with E-state index in [9.17, 15) is 0 Å². The Morgan fingerprint density at radius 1 is 0.710 bits per heavy atom. The van der Waals surface area contributed by atoms with E-state index in [2.05, 4.69) is 55.2 Å². The Labute approximate surface area is 190 Å². The average Bonchev–Trinajstić information content (AvgIpc) is 2.79. The fourth-order valence-electron chi connectivity index (χ4n) is 3.83. The Hall–Kier alpha value is -1.98. The van der Waals surface area contributed by atoms with E-state index in [0.29, 0.717) is 0 Å². The van der Waals surface area contributed by atoms with Gasteiger partial charge in [-0.2, -0.15) is 0 Å². The van der Waals surface area contributed by atoms with Crippen LogP contribution in [0.1, 0.15) is 90.0 Å². The maximum absolute atomic E-state index is 5.99. The molecule has 0 heterocycles. The van der Waals surface area contributed by atoms with Crippen molar-refractivity contribution < 1.29 is 9.47 Å². The summed E-state index contributed by atoms with van der Waals surface area (Å²) in [6.45, 7) is 6.55. The first kappa shape index (κ1) is 25.3. The van der Waals surface area contributed by atoms with Gasteiger partial charge in [-0.25, -0.2) is 0 Å². The molecule has 2 rings (SSSR count). The van der Waals surface area contributed by atoms with Gasteiger partial charge in [-0.3, -0.25) is 0 Å². The minimum absolute atomic E-state index is 0.750. The van der Waals surface area contributed by atoms with Crippen LogP contribution in [0.25, 0.3) is 10.8 Å². The minimum Gasteiger partial charge on any atom is -0.494 e. The fraction of sp³-hybridized carbons (Fsp3) is 0.586. The van der Waals surface area contributed by atoms with Gasteiger partial charge < -0.3 is 9.47 Å². The molecule has 2 nitrogen and oxygen atoms in total. The van der Waals surface area contributed by atoms with Crippen LogP contribution in [0.2, 0.25) is 0 Å². The number of rotatable bonds is 17. The highest BCUT2D eigenvalue weighted by atomic mass is 16.5. The summed E-state index contributed by atoms with van der Waals surface area (Å²) in [5.41, 5.74) is 1.40. The largest absolute Gasteiger partial charge is 0.494 e. The summed E-state index contributed by atoms with van der Waals surface area (Å²) >= 11 is 0. The van der Waals surface area contributed by atoms with Crippen LogP contribution in [0.4, 0.5) is 0 Å². The van der Waals surface area contributed by atoms with Crippen LogP contribution in [0.5, 0.6) is 5.75 Å². The van der Waals surface area contributed by atoms with Crippen LogP contribution < -0.4 is 4.74 Å². The second-order valence-electron chi connectivity index (χ2n) is 8.41. The normalized spacial score (nSPS) is 10.8. The van der Waals surface area contributed by atoms with Gasteiger partial charge in [0.1, 0.15) is 5.75 Å². The second kappa shape index (κ2) is 16.7. The van der Waals surface area contributed by atoms with Gasteiger partial charge in [-0.15, -0.1) is 11.8 Å². The third kappa shape index (κ3) is 11.3. The highest BCUT2D eigenvalue weighted by molar-refractivity contribution is 5.84. The molecule has 170 valence electrons. The van der Waals surface area contributed by atoms with Crippen molar-refractivity contribution in [3.8, 4) is 17.6 Å². The lowest BCUT2D eigenvalue weighted by Crippen LogP contribution is -1.98. The van der Waals surface area contributed by atoms with Crippen LogP contribution in [0.15, 0.2) is 36.4 Å². The van der Waals surface area contributed by atoms with Crippen molar-refractivity contribution in [2.75, 3.05) is 19.8 Å². The number of aryl methyl sites for hydroxylation is 1. The average molecular weight is 423 g/mol. The molecule has 0 aromatic heterocycles. The molecule has 0 saturated carbocycles. The topological polar surface area (TPSA) is 18.5 Å². The number of hydrogen-bond acceptors (Lipinski definition) is 2. The van der Waals surface area contributed by atoms with Crippen LogP contribution in [0, 0.1) is 11.8 Å². The van der Waals surface area contributed by atoms with E-state index in [1.807, 2.05) is 6.92 Å². The maximum Gasteiger partial charge on any atom is 0.119 e. The molecular weight excluding hydrogens is 380 g/mol. The van der Waals surface area contributed by atoms with Gasteiger partial charge in [-0.05, 0) is 61.1 Å². The Kier molecular flexibility index (Phi) is 13.6. The van der Waals surface area contributed by atoms with Crippen molar-refractivity contribution in [1.82, 2.24) is 0 Å². The Morgan fingerprint density at radius 3 is 2.23 bits per heavy atom. The lowest BCUT2D eigenvalue weighted by Gasteiger charge is -2.09. The molecule has 0 aliphatic heterocycles. The standard InChI is InChI=1S/C29H42O2/c1-3-5-7-8-9-10-11-14-23-31-29-20-19-27-24-26(17-18-28(27)25-29)16-12-15-22-30-21-13-6-4-2/h17-20,24-25H,3,5,7-16,21-23H2,1-2H3.